The van der Waals surface area contributed by atoms with Crippen LogP contribution in [-0.2, 0) is 13.0 Å². The van der Waals surface area contributed by atoms with E-state index in [2.05, 4.69) is 46.2 Å². The van der Waals surface area contributed by atoms with E-state index in [1.54, 1.807) is 0 Å². The van der Waals surface area contributed by atoms with Crippen molar-refractivity contribution in [2.24, 2.45) is 5.92 Å². The summed E-state index contributed by atoms with van der Waals surface area (Å²) in [5.74, 6) is 2.31. The number of fused-ring (bicyclic) bond motifs is 3. The molecule has 0 bridgehead atoms. The summed E-state index contributed by atoms with van der Waals surface area (Å²) in [5, 5.41) is 5.62. The van der Waals surface area contributed by atoms with Gasteiger partial charge in [0.05, 0.1) is 10.9 Å². The average Bonchev–Trinajstić information content (AvgIpc) is 3.00. The first-order chi connectivity index (χ1) is 12.3. The minimum Gasteiger partial charge on any atom is -0.391 e. The number of nitrogen functional groups attached to an aromatic ring is 1. The lowest BCUT2D eigenvalue weighted by Gasteiger charge is -2.21. The molecule has 2 aromatic rings. The standard InChI is InChI=1S/C20H27N5/c1-2-3-10-17-24-18-19(25(17)13-14-7-6-11-22-12-14)15-8-4-5-9-16(15)23-20(18)21/h6,8-9,11,14,22H,2-5,7,10,12-13H2,1H3,(H2,21,23)/t14-/m0/s1. The van der Waals surface area contributed by atoms with Gasteiger partial charge in [-0.2, -0.15) is 0 Å². The highest BCUT2D eigenvalue weighted by Crippen LogP contribution is 2.21. The molecule has 1 aliphatic heterocycles. The fourth-order valence-corrected chi connectivity index (χ4v) is 3.90. The van der Waals surface area contributed by atoms with E-state index < -0.39 is 0 Å². The Hall–Kier alpha value is -2.30. The van der Waals surface area contributed by atoms with Crippen molar-refractivity contribution >= 4 is 29.0 Å². The number of nitrogens with two attached hydrogens (primary N) is 1. The second-order valence-electron chi connectivity index (χ2n) is 7.13. The zero-order valence-corrected chi connectivity index (χ0v) is 15.0. The third-order valence-electron chi connectivity index (χ3n) is 5.22. The minimum absolute atomic E-state index is 0.568. The zero-order valence-electron chi connectivity index (χ0n) is 15.0. The van der Waals surface area contributed by atoms with Gasteiger partial charge in [0.2, 0.25) is 0 Å². The first-order valence-electron chi connectivity index (χ1n) is 9.51. The number of aryl methyl sites for hydroxylation is 1. The lowest BCUT2D eigenvalue weighted by Crippen LogP contribution is -2.34. The molecule has 3 N–H and O–H groups in total. The Labute approximate surface area is 148 Å². The summed E-state index contributed by atoms with van der Waals surface area (Å²) in [6.45, 7) is 4.22. The van der Waals surface area contributed by atoms with Gasteiger partial charge >= 0.3 is 0 Å². The number of rotatable bonds is 5. The predicted molar refractivity (Wildman–Crippen MR) is 103 cm³/mol. The Kier molecular flexibility index (Phi) is 4.47. The van der Waals surface area contributed by atoms with Gasteiger partial charge in [0.1, 0.15) is 11.3 Å². The van der Waals surface area contributed by atoms with Crippen molar-refractivity contribution in [2.75, 3.05) is 12.3 Å². The van der Waals surface area contributed by atoms with Crippen LogP contribution in [0.2, 0.25) is 0 Å². The molecule has 0 amide bonds. The van der Waals surface area contributed by atoms with Gasteiger partial charge in [-0.1, -0.05) is 31.6 Å². The number of anilines is 1. The van der Waals surface area contributed by atoms with Gasteiger partial charge in [-0.05, 0) is 37.8 Å². The van der Waals surface area contributed by atoms with Crippen LogP contribution in [0.5, 0.6) is 0 Å². The molecule has 132 valence electrons. The first-order valence-corrected chi connectivity index (χ1v) is 9.51. The van der Waals surface area contributed by atoms with Crippen LogP contribution in [0.25, 0.3) is 23.2 Å². The molecule has 25 heavy (non-hydrogen) atoms. The Morgan fingerprint density at radius 1 is 1.28 bits per heavy atom. The van der Waals surface area contributed by atoms with E-state index in [1.165, 1.54) is 17.2 Å². The lowest BCUT2D eigenvalue weighted by molar-refractivity contribution is 0.421. The second kappa shape index (κ2) is 6.90. The van der Waals surface area contributed by atoms with Crippen LogP contribution in [0.1, 0.15) is 44.9 Å². The van der Waals surface area contributed by atoms with Crippen molar-refractivity contribution in [2.45, 2.75) is 52.0 Å². The molecule has 5 heteroatoms. The van der Waals surface area contributed by atoms with Crippen molar-refractivity contribution in [1.82, 2.24) is 19.9 Å². The number of pyridine rings is 1. The number of nitrogens with one attached hydrogen (secondary N) is 1. The molecule has 0 saturated carbocycles. The lowest BCUT2D eigenvalue weighted by atomic mass is 10.0. The Balaban J connectivity index is 1.89. The molecule has 1 atom stereocenters. The summed E-state index contributed by atoms with van der Waals surface area (Å²) in [7, 11) is 0. The largest absolute Gasteiger partial charge is 0.391 e. The fraction of sp³-hybridized carbons (Fsp3) is 0.500. The molecule has 0 aromatic carbocycles. The van der Waals surface area contributed by atoms with Crippen LogP contribution in [-0.4, -0.2) is 21.1 Å². The molecule has 2 aliphatic rings. The maximum atomic E-state index is 6.28. The quantitative estimate of drug-likeness (QED) is 0.873. The zero-order chi connectivity index (χ0) is 17.2. The van der Waals surface area contributed by atoms with Crippen molar-refractivity contribution in [3.63, 3.8) is 0 Å². The summed E-state index contributed by atoms with van der Waals surface area (Å²) < 4.78 is 2.43. The van der Waals surface area contributed by atoms with Gasteiger partial charge in [-0.15, -0.1) is 0 Å². The predicted octanol–water partition coefficient (Wildman–Crippen LogP) is 1.83. The van der Waals surface area contributed by atoms with E-state index in [-0.39, 0.29) is 0 Å². The molecule has 5 nitrogen and oxygen atoms in total. The van der Waals surface area contributed by atoms with Gasteiger partial charge in [0.25, 0.3) is 0 Å². The molecule has 3 heterocycles. The fourth-order valence-electron chi connectivity index (χ4n) is 3.90. The van der Waals surface area contributed by atoms with Crippen molar-refractivity contribution < 1.29 is 0 Å². The molecule has 2 aromatic heterocycles. The highest BCUT2D eigenvalue weighted by Gasteiger charge is 2.19. The Morgan fingerprint density at radius 2 is 2.16 bits per heavy atom. The molecule has 0 unspecified atom stereocenters. The van der Waals surface area contributed by atoms with Crippen molar-refractivity contribution in [1.29, 1.82) is 0 Å². The molecule has 0 saturated heterocycles. The van der Waals surface area contributed by atoms with Gasteiger partial charge in [-0.25, -0.2) is 9.97 Å². The smallest absolute Gasteiger partial charge is 0.152 e. The van der Waals surface area contributed by atoms with E-state index in [4.69, 9.17) is 10.7 Å². The molecular formula is C20H27N5. The van der Waals surface area contributed by atoms with E-state index in [1.807, 2.05) is 0 Å². The minimum atomic E-state index is 0.568. The number of unbranched alkanes of at least 4 members (excludes halogenated alkanes) is 1. The topological polar surface area (TPSA) is 68.8 Å². The van der Waals surface area contributed by atoms with Crippen LogP contribution in [0.3, 0.4) is 0 Å². The van der Waals surface area contributed by atoms with Crippen LogP contribution >= 0.6 is 0 Å². The first kappa shape index (κ1) is 16.2. The molecule has 0 fully saturated rings. The van der Waals surface area contributed by atoms with E-state index in [0.717, 1.165) is 61.9 Å². The molecular weight excluding hydrogens is 310 g/mol. The highest BCUT2D eigenvalue weighted by atomic mass is 15.1. The summed E-state index contributed by atoms with van der Waals surface area (Å²) in [4.78, 5) is 9.54. The number of aromatic nitrogens is 3. The Bertz CT molecular complexity index is 922. The molecule has 1 aliphatic carbocycles. The summed E-state index contributed by atoms with van der Waals surface area (Å²) in [6, 6.07) is 0. The highest BCUT2D eigenvalue weighted by molar-refractivity contribution is 5.86. The SMILES string of the molecule is CCCCc1nc2c(N)nc3c(c2n1C[C@H]1CC=CNC1)=CCCC=3. The molecule has 4 rings (SSSR count). The average molecular weight is 337 g/mol. The maximum Gasteiger partial charge on any atom is 0.152 e. The normalized spacial score (nSPS) is 19.2. The van der Waals surface area contributed by atoms with E-state index in [9.17, 15) is 0 Å². The summed E-state index contributed by atoms with van der Waals surface area (Å²) in [5.41, 5.74) is 8.36. The van der Waals surface area contributed by atoms with Crippen molar-refractivity contribution in [3.05, 3.63) is 28.7 Å². The third-order valence-corrected chi connectivity index (χ3v) is 5.22. The molecule has 0 spiro atoms. The summed E-state index contributed by atoms with van der Waals surface area (Å²) in [6.07, 6.45) is 15.3. The van der Waals surface area contributed by atoms with Crippen LogP contribution < -0.4 is 21.6 Å². The van der Waals surface area contributed by atoms with Gasteiger partial charge in [0, 0.05) is 24.7 Å². The molecule has 0 radical (unpaired) electrons. The van der Waals surface area contributed by atoms with Gasteiger partial charge in [-0.3, -0.25) is 0 Å². The Morgan fingerprint density at radius 3 is 2.96 bits per heavy atom. The number of imidazole rings is 1. The number of allylic oxidation sites excluding steroid dienone is 1. The van der Waals surface area contributed by atoms with Crippen LogP contribution in [0.15, 0.2) is 12.3 Å². The summed E-state index contributed by atoms with van der Waals surface area (Å²) >= 11 is 0. The van der Waals surface area contributed by atoms with E-state index in [0.29, 0.717) is 11.7 Å². The number of hydrogen-bond acceptors (Lipinski definition) is 4. The van der Waals surface area contributed by atoms with Gasteiger partial charge < -0.3 is 15.6 Å². The van der Waals surface area contributed by atoms with Crippen molar-refractivity contribution in [3.8, 4) is 0 Å². The van der Waals surface area contributed by atoms with Crippen LogP contribution in [0, 0.1) is 5.92 Å². The second-order valence-corrected chi connectivity index (χ2v) is 7.13. The monoisotopic (exact) mass is 337 g/mol. The third kappa shape index (κ3) is 3.03. The van der Waals surface area contributed by atoms with Gasteiger partial charge in [0.15, 0.2) is 5.82 Å². The van der Waals surface area contributed by atoms with E-state index >= 15 is 0 Å². The number of nitrogens with zero attached hydrogens (tertiary/aromatic N) is 3. The number of hydrogen-bond donors (Lipinski definition) is 2. The van der Waals surface area contributed by atoms with Crippen LogP contribution in [0.4, 0.5) is 5.82 Å². The maximum absolute atomic E-state index is 6.28.